The lowest BCUT2D eigenvalue weighted by atomic mass is 10.1. The van der Waals surface area contributed by atoms with E-state index < -0.39 is 15.1 Å². The van der Waals surface area contributed by atoms with Crippen LogP contribution in [-0.4, -0.2) is 20.9 Å². The van der Waals surface area contributed by atoms with Gasteiger partial charge in [-0.2, -0.15) is 0 Å². The Morgan fingerprint density at radius 1 is 0.857 bits per heavy atom. The van der Waals surface area contributed by atoms with Crippen LogP contribution in [-0.2, 0) is 21.1 Å². The summed E-state index contributed by atoms with van der Waals surface area (Å²) in [5, 5.41) is 1.80. The summed E-state index contributed by atoms with van der Waals surface area (Å²) in [6.45, 7) is -0.0543. The van der Waals surface area contributed by atoms with E-state index in [0.29, 0.717) is 11.1 Å². The molecule has 0 aliphatic rings. The van der Waals surface area contributed by atoms with E-state index in [1.54, 1.807) is 54.6 Å². The van der Waals surface area contributed by atoms with Crippen LogP contribution in [0.5, 0.6) is 0 Å². The predicted octanol–water partition coefficient (Wildman–Crippen LogP) is 3.70. The van der Waals surface area contributed by atoms with Crippen molar-refractivity contribution >= 4 is 15.7 Å². The molecule has 0 radical (unpaired) electrons. The topological polar surface area (TPSA) is 63.2 Å². The van der Waals surface area contributed by atoms with Gasteiger partial charge in [-0.15, -0.1) is 0 Å². The standard InChI is InChI=1S/C22H20FNO3S/c23-19-13-11-17(12-14-19)15-22(25)24-16-21(18-7-3-1-4-8-18)28(26,27)20-9-5-2-6-10-20/h1-14,21H,15-16H2,(H,24,25)/t21-/m0/s1. The quantitative estimate of drug-likeness (QED) is 0.661. The highest BCUT2D eigenvalue weighted by molar-refractivity contribution is 7.91. The van der Waals surface area contributed by atoms with E-state index in [1.165, 1.54) is 24.3 Å². The first-order valence-electron chi connectivity index (χ1n) is 8.82. The number of nitrogens with one attached hydrogen (secondary N) is 1. The van der Waals surface area contributed by atoms with Crippen molar-refractivity contribution in [2.45, 2.75) is 16.6 Å². The van der Waals surface area contributed by atoms with Crippen molar-refractivity contribution < 1.29 is 17.6 Å². The lowest BCUT2D eigenvalue weighted by Crippen LogP contribution is -2.32. The van der Waals surface area contributed by atoms with E-state index in [4.69, 9.17) is 0 Å². The number of halogens is 1. The zero-order valence-corrected chi connectivity index (χ0v) is 15.9. The van der Waals surface area contributed by atoms with Gasteiger partial charge in [-0.05, 0) is 35.4 Å². The normalized spacial score (nSPS) is 12.3. The van der Waals surface area contributed by atoms with E-state index >= 15 is 0 Å². The summed E-state index contributed by atoms with van der Waals surface area (Å²) in [6, 6.07) is 22.6. The predicted molar refractivity (Wildman–Crippen MR) is 106 cm³/mol. The van der Waals surface area contributed by atoms with Crippen LogP contribution in [0.15, 0.2) is 89.8 Å². The van der Waals surface area contributed by atoms with Gasteiger partial charge in [0.15, 0.2) is 9.84 Å². The van der Waals surface area contributed by atoms with Crippen LogP contribution in [0.4, 0.5) is 4.39 Å². The molecule has 3 rings (SSSR count). The van der Waals surface area contributed by atoms with Gasteiger partial charge in [0, 0.05) is 6.54 Å². The average molecular weight is 397 g/mol. The van der Waals surface area contributed by atoms with Crippen molar-refractivity contribution in [3.8, 4) is 0 Å². The summed E-state index contributed by atoms with van der Waals surface area (Å²) >= 11 is 0. The lowest BCUT2D eigenvalue weighted by Gasteiger charge is -2.19. The highest BCUT2D eigenvalue weighted by atomic mass is 32.2. The Bertz CT molecular complexity index is 1020. The van der Waals surface area contributed by atoms with Crippen molar-refractivity contribution in [3.63, 3.8) is 0 Å². The number of sulfone groups is 1. The monoisotopic (exact) mass is 397 g/mol. The van der Waals surface area contributed by atoms with Gasteiger partial charge in [0.25, 0.3) is 0 Å². The molecule has 144 valence electrons. The fourth-order valence-corrected chi connectivity index (χ4v) is 4.59. The summed E-state index contributed by atoms with van der Waals surface area (Å²) < 4.78 is 39.3. The molecule has 4 nitrogen and oxygen atoms in total. The van der Waals surface area contributed by atoms with Crippen LogP contribution >= 0.6 is 0 Å². The van der Waals surface area contributed by atoms with Crippen LogP contribution in [0.3, 0.4) is 0 Å². The summed E-state index contributed by atoms with van der Waals surface area (Å²) in [5.74, 6) is -0.696. The maximum Gasteiger partial charge on any atom is 0.224 e. The van der Waals surface area contributed by atoms with Crippen LogP contribution < -0.4 is 5.32 Å². The van der Waals surface area contributed by atoms with Crippen LogP contribution in [0.25, 0.3) is 0 Å². The van der Waals surface area contributed by atoms with E-state index in [1.807, 2.05) is 6.07 Å². The summed E-state index contributed by atoms with van der Waals surface area (Å²) in [4.78, 5) is 12.5. The third-order valence-electron chi connectivity index (χ3n) is 4.38. The summed E-state index contributed by atoms with van der Waals surface area (Å²) in [7, 11) is -3.69. The van der Waals surface area contributed by atoms with Gasteiger partial charge in [-0.1, -0.05) is 60.7 Å². The Kier molecular flexibility index (Phi) is 6.21. The lowest BCUT2D eigenvalue weighted by molar-refractivity contribution is -0.120. The van der Waals surface area contributed by atoms with E-state index in [2.05, 4.69) is 5.32 Å². The van der Waals surface area contributed by atoms with Crippen LogP contribution in [0.2, 0.25) is 0 Å². The smallest absolute Gasteiger partial charge is 0.224 e. The Hall–Kier alpha value is -2.99. The minimum Gasteiger partial charge on any atom is -0.354 e. The summed E-state index contributed by atoms with van der Waals surface area (Å²) in [6.07, 6.45) is 0.0488. The molecular formula is C22H20FNO3S. The number of rotatable bonds is 7. The maximum atomic E-state index is 13.1. The number of carbonyl (C=O) groups is 1. The number of amides is 1. The van der Waals surface area contributed by atoms with Gasteiger partial charge < -0.3 is 5.32 Å². The van der Waals surface area contributed by atoms with Gasteiger partial charge in [-0.3, -0.25) is 4.79 Å². The second-order valence-electron chi connectivity index (χ2n) is 6.36. The van der Waals surface area contributed by atoms with E-state index in [9.17, 15) is 17.6 Å². The Morgan fingerprint density at radius 3 is 2.04 bits per heavy atom. The fourth-order valence-electron chi connectivity index (χ4n) is 2.91. The Morgan fingerprint density at radius 2 is 1.43 bits per heavy atom. The molecule has 0 spiro atoms. The molecule has 0 heterocycles. The Balaban J connectivity index is 1.78. The van der Waals surface area contributed by atoms with Crippen LogP contribution in [0, 0.1) is 5.82 Å². The third-order valence-corrected chi connectivity index (χ3v) is 6.50. The van der Waals surface area contributed by atoms with E-state index in [0.717, 1.165) is 0 Å². The molecule has 1 amide bonds. The fraction of sp³-hybridized carbons (Fsp3) is 0.136. The molecule has 3 aromatic rings. The maximum absolute atomic E-state index is 13.1. The number of carbonyl (C=O) groups excluding carboxylic acids is 1. The minimum absolute atomic E-state index is 0.0488. The molecule has 1 N–H and O–H groups in total. The largest absolute Gasteiger partial charge is 0.354 e. The molecule has 0 unspecified atom stereocenters. The molecule has 0 saturated heterocycles. The second kappa shape index (κ2) is 8.80. The first-order chi connectivity index (χ1) is 13.5. The first-order valence-corrected chi connectivity index (χ1v) is 10.4. The highest BCUT2D eigenvalue weighted by Gasteiger charge is 2.29. The van der Waals surface area contributed by atoms with Gasteiger partial charge in [0.1, 0.15) is 11.1 Å². The zero-order valence-electron chi connectivity index (χ0n) is 15.1. The molecule has 3 aromatic carbocycles. The molecular weight excluding hydrogens is 377 g/mol. The first kappa shape index (κ1) is 19.8. The molecule has 28 heavy (non-hydrogen) atoms. The molecule has 0 aliphatic heterocycles. The molecule has 0 fully saturated rings. The summed E-state index contributed by atoms with van der Waals surface area (Å²) in [5.41, 5.74) is 1.26. The molecule has 6 heteroatoms. The van der Waals surface area contributed by atoms with Gasteiger partial charge >= 0.3 is 0 Å². The van der Waals surface area contributed by atoms with Crippen molar-refractivity contribution in [2.24, 2.45) is 0 Å². The highest BCUT2D eigenvalue weighted by Crippen LogP contribution is 2.28. The Labute approximate surface area is 164 Å². The van der Waals surface area contributed by atoms with Crippen LogP contribution in [0.1, 0.15) is 16.4 Å². The minimum atomic E-state index is -3.69. The van der Waals surface area contributed by atoms with Gasteiger partial charge in [0.2, 0.25) is 5.91 Å². The molecule has 1 atom stereocenters. The number of benzene rings is 3. The average Bonchev–Trinajstić information content (AvgIpc) is 2.71. The second-order valence-corrected chi connectivity index (χ2v) is 8.50. The molecule has 0 saturated carbocycles. The number of hydrogen-bond donors (Lipinski definition) is 1. The molecule has 0 aliphatic carbocycles. The third kappa shape index (κ3) is 4.84. The van der Waals surface area contributed by atoms with Crippen molar-refractivity contribution in [3.05, 3.63) is 102 Å². The van der Waals surface area contributed by atoms with E-state index in [-0.39, 0.29) is 29.6 Å². The van der Waals surface area contributed by atoms with Crippen molar-refractivity contribution in [1.29, 1.82) is 0 Å². The zero-order chi connectivity index (χ0) is 20.0. The van der Waals surface area contributed by atoms with Gasteiger partial charge in [0.05, 0.1) is 11.3 Å². The number of hydrogen-bond acceptors (Lipinski definition) is 3. The molecule has 0 bridgehead atoms. The van der Waals surface area contributed by atoms with Gasteiger partial charge in [-0.25, -0.2) is 12.8 Å². The SMILES string of the molecule is O=C(Cc1ccc(F)cc1)NC[C@@H](c1ccccc1)S(=O)(=O)c1ccccc1. The van der Waals surface area contributed by atoms with Crippen molar-refractivity contribution in [2.75, 3.05) is 6.54 Å². The van der Waals surface area contributed by atoms with Crippen molar-refractivity contribution in [1.82, 2.24) is 5.32 Å². The molecule has 0 aromatic heterocycles.